The van der Waals surface area contributed by atoms with E-state index in [0.29, 0.717) is 12.8 Å². The van der Waals surface area contributed by atoms with E-state index >= 15 is 0 Å². The molecule has 0 aromatic rings. The molecule has 162 valence electrons. The maximum absolute atomic E-state index is 12.7. The molecule has 6 heteroatoms. The molecule has 28 heavy (non-hydrogen) atoms. The number of hydrogen-bond donors (Lipinski definition) is 2. The molecule has 0 spiro atoms. The van der Waals surface area contributed by atoms with Gasteiger partial charge in [0.2, 0.25) is 11.8 Å². The summed E-state index contributed by atoms with van der Waals surface area (Å²) in [4.78, 5) is 36.7. The van der Waals surface area contributed by atoms with Crippen LogP contribution < -0.4 is 10.6 Å². The SMILES string of the molecule is CC(C)C(=O)SCCCCC[C@H](NC(=O)CC(C)(C)C)C(=O)NC1CCCC1. The van der Waals surface area contributed by atoms with Crippen LogP contribution in [0.2, 0.25) is 0 Å². The van der Waals surface area contributed by atoms with Gasteiger partial charge in [0.15, 0.2) is 5.12 Å². The van der Waals surface area contributed by atoms with E-state index in [-0.39, 0.29) is 34.3 Å². The van der Waals surface area contributed by atoms with Crippen LogP contribution in [0.4, 0.5) is 0 Å². The van der Waals surface area contributed by atoms with Crippen molar-refractivity contribution in [3.05, 3.63) is 0 Å². The minimum absolute atomic E-state index is 0.0430. The van der Waals surface area contributed by atoms with Gasteiger partial charge in [0.1, 0.15) is 6.04 Å². The second-order valence-corrected chi connectivity index (χ2v) is 10.6. The lowest BCUT2D eigenvalue weighted by Gasteiger charge is -2.23. The Hall–Kier alpha value is -1.04. The third-order valence-corrected chi connectivity index (χ3v) is 6.15. The molecule has 2 N–H and O–H groups in total. The zero-order chi connectivity index (χ0) is 21.2. The van der Waals surface area contributed by atoms with E-state index < -0.39 is 6.04 Å². The fourth-order valence-corrected chi connectivity index (χ4v) is 4.22. The Bertz CT molecular complexity index is 508. The highest BCUT2D eigenvalue weighted by molar-refractivity contribution is 8.13. The van der Waals surface area contributed by atoms with Crippen molar-refractivity contribution < 1.29 is 14.4 Å². The Balaban J connectivity index is 2.44. The summed E-state index contributed by atoms with van der Waals surface area (Å²) in [6, 6.07) is -0.201. The Morgan fingerprint density at radius 3 is 2.25 bits per heavy atom. The van der Waals surface area contributed by atoms with Gasteiger partial charge in [-0.1, -0.05) is 72.1 Å². The fraction of sp³-hybridized carbons (Fsp3) is 0.864. The first-order valence-corrected chi connectivity index (χ1v) is 11.8. The van der Waals surface area contributed by atoms with Crippen molar-refractivity contribution in [3.8, 4) is 0 Å². The molecular weight excluding hydrogens is 372 g/mol. The molecule has 5 nitrogen and oxygen atoms in total. The maximum atomic E-state index is 12.7. The molecule has 0 aromatic carbocycles. The summed E-state index contributed by atoms with van der Waals surface area (Å²) >= 11 is 1.40. The number of unbranched alkanes of at least 4 members (excludes halogenated alkanes) is 2. The van der Waals surface area contributed by atoms with Crippen LogP contribution in [0.1, 0.15) is 92.4 Å². The number of rotatable bonds is 11. The molecule has 0 radical (unpaired) electrons. The van der Waals surface area contributed by atoms with Gasteiger partial charge in [-0.05, 0) is 31.1 Å². The Morgan fingerprint density at radius 1 is 1.04 bits per heavy atom. The van der Waals surface area contributed by atoms with Gasteiger partial charge in [-0.15, -0.1) is 0 Å². The number of carbonyl (C=O) groups excluding carboxylic acids is 3. The highest BCUT2D eigenvalue weighted by atomic mass is 32.2. The summed E-state index contributed by atoms with van der Waals surface area (Å²) < 4.78 is 0. The minimum atomic E-state index is -0.458. The third-order valence-electron chi connectivity index (χ3n) is 4.90. The first-order valence-electron chi connectivity index (χ1n) is 10.8. The van der Waals surface area contributed by atoms with Crippen molar-refractivity contribution in [2.75, 3.05) is 5.75 Å². The molecule has 0 heterocycles. The van der Waals surface area contributed by atoms with E-state index in [4.69, 9.17) is 0 Å². The maximum Gasteiger partial charge on any atom is 0.242 e. The first-order chi connectivity index (χ1) is 13.1. The monoisotopic (exact) mass is 412 g/mol. The number of nitrogens with one attached hydrogen (secondary N) is 2. The van der Waals surface area contributed by atoms with E-state index in [0.717, 1.165) is 37.9 Å². The van der Waals surface area contributed by atoms with Crippen molar-refractivity contribution in [2.45, 2.75) is 104 Å². The predicted molar refractivity (Wildman–Crippen MR) is 117 cm³/mol. The first kappa shape index (κ1) is 25.0. The molecule has 0 aliphatic heterocycles. The van der Waals surface area contributed by atoms with Crippen LogP contribution in [0.5, 0.6) is 0 Å². The summed E-state index contributed by atoms with van der Waals surface area (Å²) in [7, 11) is 0. The van der Waals surface area contributed by atoms with Crippen molar-refractivity contribution >= 4 is 28.7 Å². The van der Waals surface area contributed by atoms with Crippen molar-refractivity contribution in [1.29, 1.82) is 0 Å². The summed E-state index contributed by atoms with van der Waals surface area (Å²) in [6.45, 7) is 9.91. The molecule has 0 saturated heterocycles. The van der Waals surface area contributed by atoms with Crippen LogP contribution >= 0.6 is 11.8 Å². The largest absolute Gasteiger partial charge is 0.352 e. The van der Waals surface area contributed by atoms with Gasteiger partial charge in [-0.3, -0.25) is 14.4 Å². The fourth-order valence-electron chi connectivity index (χ4n) is 3.33. The molecule has 1 fully saturated rings. The molecule has 1 rings (SSSR count). The van der Waals surface area contributed by atoms with Crippen molar-refractivity contribution in [2.24, 2.45) is 11.3 Å². The average molecular weight is 413 g/mol. The summed E-state index contributed by atoms with van der Waals surface area (Å²) in [5, 5.41) is 6.32. The Morgan fingerprint density at radius 2 is 1.68 bits per heavy atom. The van der Waals surface area contributed by atoms with Crippen LogP contribution in [0.25, 0.3) is 0 Å². The van der Waals surface area contributed by atoms with Gasteiger partial charge < -0.3 is 10.6 Å². The zero-order valence-corrected chi connectivity index (χ0v) is 19.3. The van der Waals surface area contributed by atoms with E-state index in [1.807, 2.05) is 34.6 Å². The quantitative estimate of drug-likeness (QED) is 0.492. The Kier molecular flexibility index (Phi) is 11.2. The predicted octanol–water partition coefficient (Wildman–Crippen LogP) is 4.44. The molecule has 0 aromatic heterocycles. The van der Waals surface area contributed by atoms with Gasteiger partial charge in [0.25, 0.3) is 0 Å². The number of thioether (sulfide) groups is 1. The van der Waals surface area contributed by atoms with E-state index in [1.54, 1.807) is 0 Å². The van der Waals surface area contributed by atoms with E-state index in [1.165, 1.54) is 24.6 Å². The molecular formula is C22H40N2O3S. The third kappa shape index (κ3) is 11.1. The molecule has 1 atom stereocenters. The van der Waals surface area contributed by atoms with E-state index in [2.05, 4.69) is 10.6 Å². The topological polar surface area (TPSA) is 75.3 Å². The van der Waals surface area contributed by atoms with Crippen LogP contribution in [0, 0.1) is 11.3 Å². The van der Waals surface area contributed by atoms with Crippen molar-refractivity contribution in [3.63, 3.8) is 0 Å². The lowest BCUT2D eigenvalue weighted by molar-refractivity contribution is -0.130. The Labute approximate surface area is 175 Å². The highest BCUT2D eigenvalue weighted by Gasteiger charge is 2.26. The zero-order valence-electron chi connectivity index (χ0n) is 18.4. The number of amides is 2. The summed E-state index contributed by atoms with van der Waals surface area (Å²) in [5.74, 6) is 0.800. The van der Waals surface area contributed by atoms with Crippen LogP contribution in [-0.4, -0.2) is 34.8 Å². The van der Waals surface area contributed by atoms with Crippen molar-refractivity contribution in [1.82, 2.24) is 10.6 Å². The van der Waals surface area contributed by atoms with Crippen LogP contribution in [0.15, 0.2) is 0 Å². The average Bonchev–Trinajstić information content (AvgIpc) is 3.07. The summed E-state index contributed by atoms with van der Waals surface area (Å²) in [6.07, 6.45) is 8.25. The molecule has 0 unspecified atom stereocenters. The van der Waals surface area contributed by atoms with E-state index in [9.17, 15) is 14.4 Å². The van der Waals surface area contributed by atoms with Gasteiger partial charge in [-0.25, -0.2) is 0 Å². The minimum Gasteiger partial charge on any atom is -0.352 e. The molecule has 1 aliphatic rings. The molecule has 1 aliphatic carbocycles. The standard InChI is InChI=1S/C22H40N2O3S/c1-16(2)21(27)28-14-10-6-7-13-18(24-19(25)15-22(3,4)5)20(26)23-17-11-8-9-12-17/h16-18H,6-15H2,1-5H3,(H,23,26)(H,24,25)/t18-/m0/s1. The molecule has 2 amide bonds. The lowest BCUT2D eigenvalue weighted by Crippen LogP contribution is -2.49. The molecule has 0 bridgehead atoms. The second-order valence-electron chi connectivity index (χ2n) is 9.52. The molecule has 1 saturated carbocycles. The van der Waals surface area contributed by atoms with Crippen LogP contribution in [0.3, 0.4) is 0 Å². The number of hydrogen-bond acceptors (Lipinski definition) is 4. The normalized spacial score (nSPS) is 16.2. The van der Waals surface area contributed by atoms with Gasteiger partial charge in [0, 0.05) is 24.1 Å². The summed E-state index contributed by atoms with van der Waals surface area (Å²) in [5.41, 5.74) is -0.100. The lowest BCUT2D eigenvalue weighted by atomic mass is 9.91. The highest BCUT2D eigenvalue weighted by Crippen LogP contribution is 2.20. The van der Waals surface area contributed by atoms with Gasteiger partial charge in [0.05, 0.1) is 0 Å². The number of carbonyl (C=O) groups is 3. The van der Waals surface area contributed by atoms with Crippen LogP contribution in [-0.2, 0) is 14.4 Å². The smallest absolute Gasteiger partial charge is 0.242 e. The second kappa shape index (κ2) is 12.5. The van der Waals surface area contributed by atoms with Gasteiger partial charge >= 0.3 is 0 Å². The van der Waals surface area contributed by atoms with Gasteiger partial charge in [-0.2, -0.15) is 0 Å².